The molecule has 0 aromatic heterocycles. The molecule has 0 aliphatic heterocycles. The van der Waals surface area contributed by atoms with Gasteiger partial charge in [0.25, 0.3) is 0 Å². The summed E-state index contributed by atoms with van der Waals surface area (Å²) in [5.41, 5.74) is 2.05. The van der Waals surface area contributed by atoms with E-state index in [4.69, 9.17) is 11.2 Å². The summed E-state index contributed by atoms with van der Waals surface area (Å²) in [6.45, 7) is 12.5. The zero-order chi connectivity index (χ0) is 22.8. The Balaban J connectivity index is -0.000000994. The van der Waals surface area contributed by atoms with Crippen LogP contribution in [0.1, 0.15) is 27.2 Å². The molecule has 0 unspecified atom stereocenters. The Morgan fingerprint density at radius 1 is 1.21 bits per heavy atom. The molecule has 0 aromatic rings. The Labute approximate surface area is 177 Å². The van der Waals surface area contributed by atoms with E-state index in [2.05, 4.69) is 47.6 Å². The lowest BCUT2D eigenvalue weighted by Crippen LogP contribution is -2.15. The Kier molecular flexibility index (Phi) is 28.5. The van der Waals surface area contributed by atoms with Gasteiger partial charge in [-0.05, 0) is 51.1 Å². The number of hydrogen-bond donors (Lipinski definition) is 2. The van der Waals surface area contributed by atoms with E-state index in [1.165, 1.54) is 11.6 Å². The Bertz CT molecular complexity index is 589. The molecule has 0 heterocycles. The zero-order valence-electron chi connectivity index (χ0n) is 18.2. The van der Waals surface area contributed by atoms with Crippen molar-refractivity contribution in [3.63, 3.8) is 0 Å². The van der Waals surface area contributed by atoms with Gasteiger partial charge in [0.1, 0.15) is 12.4 Å². The summed E-state index contributed by atoms with van der Waals surface area (Å²) in [7, 11) is 1.68. The summed E-state index contributed by atoms with van der Waals surface area (Å²) in [5.74, 6) is 2.87. The number of ether oxygens (including phenoxy) is 2. The van der Waals surface area contributed by atoms with Crippen molar-refractivity contribution in [1.29, 1.82) is 0 Å². The van der Waals surface area contributed by atoms with E-state index < -0.39 is 0 Å². The van der Waals surface area contributed by atoms with E-state index >= 15 is 0 Å². The predicted molar refractivity (Wildman–Crippen MR) is 124 cm³/mol. The molecule has 0 aliphatic carbocycles. The fourth-order valence-corrected chi connectivity index (χ4v) is 1.46. The van der Waals surface area contributed by atoms with Crippen molar-refractivity contribution in [3.8, 4) is 25.2 Å². The van der Waals surface area contributed by atoms with Gasteiger partial charge < -0.3 is 20.1 Å². The molecule has 0 saturated heterocycles. The average Bonchev–Trinajstić information content (AvgIpc) is 2.75. The molecule has 29 heavy (non-hydrogen) atoms. The second-order valence-electron chi connectivity index (χ2n) is 5.24. The van der Waals surface area contributed by atoms with Crippen LogP contribution in [0.3, 0.4) is 0 Å². The topological polar surface area (TPSA) is 59.6 Å². The van der Waals surface area contributed by atoms with Crippen LogP contribution in [0.5, 0.6) is 0 Å². The molecular formula is C24H36N2O3. The van der Waals surface area contributed by atoms with Gasteiger partial charge in [-0.25, -0.2) is 0 Å². The van der Waals surface area contributed by atoms with Crippen molar-refractivity contribution < 1.29 is 14.3 Å². The van der Waals surface area contributed by atoms with Crippen LogP contribution in [0.2, 0.25) is 0 Å². The number of carbonyl (C=O) groups is 1. The molecule has 2 N–H and O–H groups in total. The number of rotatable bonds is 13. The van der Waals surface area contributed by atoms with Gasteiger partial charge >= 0.3 is 0 Å². The van der Waals surface area contributed by atoms with Gasteiger partial charge in [-0.2, -0.15) is 0 Å². The molecule has 0 spiro atoms. The normalized spacial score (nSPS) is 10.8. The molecule has 0 bridgehead atoms. The lowest BCUT2D eigenvalue weighted by atomic mass is 10.2. The maximum absolute atomic E-state index is 10.3. The third-order valence-corrected chi connectivity index (χ3v) is 2.85. The first kappa shape index (κ1) is 30.6. The highest BCUT2D eigenvalue weighted by molar-refractivity contribution is 5.51. The lowest BCUT2D eigenvalue weighted by Gasteiger charge is -2.06. The second-order valence-corrected chi connectivity index (χ2v) is 5.24. The predicted octanol–water partition coefficient (Wildman–Crippen LogP) is 3.74. The van der Waals surface area contributed by atoms with Crippen LogP contribution in [0.25, 0.3) is 0 Å². The molecule has 0 aromatic carbocycles. The molecule has 0 amide bonds. The van der Waals surface area contributed by atoms with Crippen molar-refractivity contribution in [2.24, 2.45) is 0 Å². The van der Waals surface area contributed by atoms with E-state index in [9.17, 15) is 4.79 Å². The van der Waals surface area contributed by atoms with E-state index in [1.54, 1.807) is 13.2 Å². The van der Waals surface area contributed by atoms with E-state index in [1.807, 2.05) is 38.3 Å². The first-order valence-electron chi connectivity index (χ1n) is 9.25. The lowest BCUT2D eigenvalue weighted by molar-refractivity contribution is -0.110. The summed E-state index contributed by atoms with van der Waals surface area (Å²) in [6.07, 6.45) is 25.6. The van der Waals surface area contributed by atoms with Crippen molar-refractivity contribution in [1.82, 2.24) is 10.6 Å². The van der Waals surface area contributed by atoms with Gasteiger partial charge in [0, 0.05) is 38.6 Å². The van der Waals surface area contributed by atoms with Crippen LogP contribution >= 0.6 is 0 Å². The molecule has 0 aliphatic rings. The first-order valence-corrected chi connectivity index (χ1v) is 9.25. The Morgan fingerprint density at radius 3 is 2.34 bits per heavy atom. The van der Waals surface area contributed by atoms with Gasteiger partial charge in [-0.1, -0.05) is 24.7 Å². The van der Waals surface area contributed by atoms with E-state index in [-0.39, 0.29) is 6.61 Å². The molecule has 5 nitrogen and oxygen atoms in total. The Hall–Kier alpha value is -3.15. The Morgan fingerprint density at radius 2 is 1.83 bits per heavy atom. The number of nitrogens with one attached hydrogen (secondary N) is 2. The average molecular weight is 401 g/mol. The summed E-state index contributed by atoms with van der Waals surface area (Å²) < 4.78 is 9.70. The van der Waals surface area contributed by atoms with Gasteiger partial charge in [0.2, 0.25) is 0 Å². The molecule has 0 fully saturated rings. The third kappa shape index (κ3) is 27.2. The van der Waals surface area contributed by atoms with Gasteiger partial charge in [0.15, 0.2) is 6.29 Å². The number of aldehydes is 1. The molecule has 0 radical (unpaired) electrons. The highest BCUT2D eigenvalue weighted by atomic mass is 16.5. The van der Waals surface area contributed by atoms with Crippen molar-refractivity contribution in [3.05, 3.63) is 60.2 Å². The monoisotopic (exact) mass is 400 g/mol. The quantitative estimate of drug-likeness (QED) is 0.213. The van der Waals surface area contributed by atoms with Crippen LogP contribution < -0.4 is 10.6 Å². The molecule has 0 atom stereocenters. The van der Waals surface area contributed by atoms with Crippen LogP contribution in [0.15, 0.2) is 60.2 Å². The molecule has 0 rings (SSSR count). The first-order chi connectivity index (χ1) is 14.0. The minimum atomic E-state index is -0.00578. The number of carbonyl (C=O) groups excluding carboxylic acids is 1. The standard InChI is InChI=1S/C19H26N2O2.C3H8O.C2H2/c1-5-10-19(23-14-13-22)12-9-7-8-11-18(4)21-16-17(3)15-20-6-2;1-3-4-2;1-2/h1,8-13,15,20-21H,4,6-7,14,16H2,2-3H3;3H2,1-2H3;1-2H/b11-8+,12-9-,17-15+,19-10+;;. The largest absolute Gasteiger partial charge is 0.485 e. The van der Waals surface area contributed by atoms with Crippen LogP contribution in [0.4, 0.5) is 0 Å². The van der Waals surface area contributed by atoms with E-state index in [0.29, 0.717) is 18.5 Å². The number of methoxy groups -OCH3 is 1. The van der Waals surface area contributed by atoms with Gasteiger partial charge in [-0.3, -0.25) is 4.79 Å². The summed E-state index contributed by atoms with van der Waals surface area (Å²) >= 11 is 0. The third-order valence-electron chi connectivity index (χ3n) is 2.85. The highest BCUT2D eigenvalue weighted by Gasteiger charge is 1.91. The molecule has 160 valence electrons. The van der Waals surface area contributed by atoms with Gasteiger partial charge in [0.05, 0.1) is 0 Å². The fourth-order valence-electron chi connectivity index (χ4n) is 1.46. The van der Waals surface area contributed by atoms with Crippen molar-refractivity contribution >= 4 is 6.29 Å². The fraction of sp³-hybridized carbons (Fsp3) is 0.375. The number of hydrogen-bond acceptors (Lipinski definition) is 5. The summed E-state index contributed by atoms with van der Waals surface area (Å²) in [4.78, 5) is 10.3. The van der Waals surface area contributed by atoms with Crippen molar-refractivity contribution in [2.45, 2.75) is 27.2 Å². The number of terminal acetylenes is 2. The van der Waals surface area contributed by atoms with E-state index in [0.717, 1.165) is 25.4 Å². The highest BCUT2D eigenvalue weighted by Crippen LogP contribution is 2.01. The summed E-state index contributed by atoms with van der Waals surface area (Å²) in [6, 6.07) is 0. The zero-order valence-corrected chi connectivity index (χ0v) is 18.2. The molecule has 0 saturated carbocycles. The second kappa shape index (κ2) is 27.1. The maximum atomic E-state index is 10.3. The van der Waals surface area contributed by atoms with Crippen LogP contribution in [-0.4, -0.2) is 39.7 Å². The minimum Gasteiger partial charge on any atom is -0.485 e. The molecular weight excluding hydrogens is 364 g/mol. The smallest absolute Gasteiger partial charge is 0.157 e. The minimum absolute atomic E-state index is 0.00578. The summed E-state index contributed by atoms with van der Waals surface area (Å²) in [5, 5.41) is 6.38. The maximum Gasteiger partial charge on any atom is 0.157 e. The SMILES string of the molecule is C#C.C#C/C=C(\C=C/C/C=C/C(=C)NC/C(C)=C/NCC)OCC=O.CCOC. The van der Waals surface area contributed by atoms with Crippen LogP contribution in [0, 0.1) is 25.2 Å². The van der Waals surface area contributed by atoms with Crippen molar-refractivity contribution in [2.75, 3.05) is 33.4 Å². The number of allylic oxidation sites excluding steroid dienone is 5. The van der Waals surface area contributed by atoms with Gasteiger partial charge in [-0.15, -0.1) is 19.3 Å². The van der Waals surface area contributed by atoms with Crippen LogP contribution in [-0.2, 0) is 14.3 Å². The molecule has 5 heteroatoms.